The fourth-order valence-electron chi connectivity index (χ4n) is 4.00. The number of H-pyrrole nitrogens is 1. The van der Waals surface area contributed by atoms with E-state index in [0.717, 1.165) is 18.4 Å². The van der Waals surface area contributed by atoms with E-state index in [-0.39, 0.29) is 29.7 Å². The van der Waals surface area contributed by atoms with Crippen LogP contribution in [0.1, 0.15) is 25.0 Å². The molecule has 2 aliphatic heterocycles. The second kappa shape index (κ2) is 8.73. The highest BCUT2D eigenvalue weighted by Gasteiger charge is 2.29. The maximum Gasteiger partial charge on any atom is 0.270 e. The normalized spacial score (nSPS) is 20.1. The van der Waals surface area contributed by atoms with Gasteiger partial charge in [0.25, 0.3) is 5.56 Å². The number of ether oxygens (including phenoxy) is 1. The third-order valence-corrected chi connectivity index (χ3v) is 5.68. The second-order valence-electron chi connectivity index (χ2n) is 7.65. The zero-order valence-electron chi connectivity index (χ0n) is 16.4. The summed E-state index contributed by atoms with van der Waals surface area (Å²) in [5.74, 6) is 0.101. The Morgan fingerprint density at radius 2 is 1.93 bits per heavy atom. The number of fused-ring (bicyclic) bond motifs is 1. The van der Waals surface area contributed by atoms with Crippen LogP contribution in [-0.2, 0) is 20.7 Å². The molecule has 2 aliphatic rings. The molecular formula is C21H26N4O4. The number of para-hydroxylation sites is 2. The first kappa shape index (κ1) is 19.6. The molecule has 1 atom stereocenters. The number of benzene rings is 1. The Balaban J connectivity index is 1.33. The summed E-state index contributed by atoms with van der Waals surface area (Å²) in [4.78, 5) is 48.4. The number of aromatic amines is 1. The van der Waals surface area contributed by atoms with E-state index in [1.807, 2.05) is 23.1 Å². The minimum absolute atomic E-state index is 0.00198. The summed E-state index contributed by atoms with van der Waals surface area (Å²) in [5, 5.41) is 0. The van der Waals surface area contributed by atoms with Crippen LogP contribution in [0.5, 0.6) is 0 Å². The van der Waals surface area contributed by atoms with E-state index in [2.05, 4.69) is 9.97 Å². The molecule has 8 heteroatoms. The Morgan fingerprint density at radius 1 is 1.14 bits per heavy atom. The molecule has 2 aromatic rings. The zero-order valence-corrected chi connectivity index (χ0v) is 16.4. The van der Waals surface area contributed by atoms with Gasteiger partial charge >= 0.3 is 0 Å². The van der Waals surface area contributed by atoms with Crippen LogP contribution in [0.25, 0.3) is 11.0 Å². The molecule has 4 rings (SSSR count). The van der Waals surface area contributed by atoms with E-state index in [1.165, 1.54) is 0 Å². The Morgan fingerprint density at radius 3 is 2.76 bits per heavy atom. The molecule has 1 aromatic carbocycles. The lowest BCUT2D eigenvalue weighted by molar-refractivity contribution is -0.136. The van der Waals surface area contributed by atoms with Gasteiger partial charge in [-0.05, 0) is 25.0 Å². The van der Waals surface area contributed by atoms with Gasteiger partial charge in [0.15, 0.2) is 0 Å². The second-order valence-corrected chi connectivity index (χ2v) is 7.65. The lowest BCUT2D eigenvalue weighted by Gasteiger charge is -2.24. The summed E-state index contributed by atoms with van der Waals surface area (Å²) in [5.41, 5.74) is 1.54. The summed E-state index contributed by atoms with van der Waals surface area (Å²) < 4.78 is 5.32. The van der Waals surface area contributed by atoms with Crippen molar-refractivity contribution in [1.82, 2.24) is 19.8 Å². The van der Waals surface area contributed by atoms with Crippen molar-refractivity contribution in [3.63, 3.8) is 0 Å². The molecule has 29 heavy (non-hydrogen) atoms. The van der Waals surface area contributed by atoms with Gasteiger partial charge in [0.2, 0.25) is 11.8 Å². The third kappa shape index (κ3) is 4.48. The van der Waals surface area contributed by atoms with Crippen molar-refractivity contribution in [2.75, 3.05) is 39.4 Å². The average molecular weight is 398 g/mol. The highest BCUT2D eigenvalue weighted by molar-refractivity contribution is 5.80. The average Bonchev–Trinajstić information content (AvgIpc) is 3.16. The molecule has 2 amide bonds. The number of nitrogens with one attached hydrogen (secondary N) is 1. The number of hydrogen-bond donors (Lipinski definition) is 1. The fraction of sp³-hybridized carbons (Fsp3) is 0.524. The molecule has 2 saturated heterocycles. The molecule has 3 heterocycles. The van der Waals surface area contributed by atoms with Crippen LogP contribution < -0.4 is 5.56 Å². The number of rotatable bonds is 4. The summed E-state index contributed by atoms with van der Waals surface area (Å²) >= 11 is 0. The van der Waals surface area contributed by atoms with Crippen molar-refractivity contribution in [3.05, 3.63) is 40.3 Å². The number of nitrogens with zero attached hydrogens (tertiary/aromatic N) is 3. The zero-order chi connectivity index (χ0) is 20.2. The number of carbonyl (C=O) groups is 2. The van der Waals surface area contributed by atoms with Gasteiger partial charge in [-0.25, -0.2) is 4.98 Å². The first-order valence-corrected chi connectivity index (χ1v) is 10.2. The topological polar surface area (TPSA) is 95.6 Å². The van der Waals surface area contributed by atoms with Crippen molar-refractivity contribution >= 4 is 22.8 Å². The minimum Gasteiger partial charge on any atom is -0.381 e. The first-order valence-electron chi connectivity index (χ1n) is 10.2. The quantitative estimate of drug-likeness (QED) is 0.827. The molecule has 1 aromatic heterocycles. The van der Waals surface area contributed by atoms with Crippen LogP contribution in [0.15, 0.2) is 29.1 Å². The summed E-state index contributed by atoms with van der Waals surface area (Å²) in [6, 6.07) is 7.36. The van der Waals surface area contributed by atoms with E-state index in [1.54, 1.807) is 11.0 Å². The van der Waals surface area contributed by atoms with Crippen molar-refractivity contribution < 1.29 is 14.3 Å². The maximum absolute atomic E-state index is 12.7. The lowest BCUT2D eigenvalue weighted by Crippen LogP contribution is -2.40. The molecule has 1 unspecified atom stereocenters. The van der Waals surface area contributed by atoms with Crippen molar-refractivity contribution in [3.8, 4) is 0 Å². The van der Waals surface area contributed by atoms with Crippen LogP contribution in [0, 0.1) is 5.92 Å². The highest BCUT2D eigenvalue weighted by Crippen LogP contribution is 2.17. The van der Waals surface area contributed by atoms with E-state index >= 15 is 0 Å². The monoisotopic (exact) mass is 398 g/mol. The van der Waals surface area contributed by atoms with Crippen LogP contribution in [0.3, 0.4) is 0 Å². The number of amides is 2. The van der Waals surface area contributed by atoms with Crippen molar-refractivity contribution in [2.24, 2.45) is 5.92 Å². The van der Waals surface area contributed by atoms with Gasteiger partial charge < -0.3 is 19.5 Å². The van der Waals surface area contributed by atoms with Gasteiger partial charge in [0.05, 0.1) is 23.6 Å². The predicted molar refractivity (Wildman–Crippen MR) is 107 cm³/mol. The van der Waals surface area contributed by atoms with Crippen LogP contribution in [0.2, 0.25) is 0 Å². The molecule has 1 N–H and O–H groups in total. The Labute approximate surface area is 168 Å². The van der Waals surface area contributed by atoms with Gasteiger partial charge in [0.1, 0.15) is 5.69 Å². The smallest absolute Gasteiger partial charge is 0.270 e. The summed E-state index contributed by atoms with van der Waals surface area (Å²) in [7, 11) is 0. The van der Waals surface area contributed by atoms with Crippen molar-refractivity contribution in [2.45, 2.75) is 25.7 Å². The molecule has 2 fully saturated rings. The molecule has 0 spiro atoms. The Bertz CT molecular complexity index is 951. The SMILES string of the molecule is O=C(CCc1nc2ccccc2[nH]c1=O)N1CCCN(C(=O)C2CCOC2)CC1. The number of hydrogen-bond acceptors (Lipinski definition) is 5. The largest absolute Gasteiger partial charge is 0.381 e. The van der Waals surface area contributed by atoms with Gasteiger partial charge in [-0.3, -0.25) is 14.4 Å². The minimum atomic E-state index is -0.247. The molecule has 0 aliphatic carbocycles. The van der Waals surface area contributed by atoms with E-state index < -0.39 is 0 Å². The van der Waals surface area contributed by atoms with Crippen molar-refractivity contribution in [1.29, 1.82) is 0 Å². The fourth-order valence-corrected chi connectivity index (χ4v) is 4.00. The predicted octanol–water partition coefficient (Wildman–Crippen LogP) is 0.953. The van der Waals surface area contributed by atoms with Crippen LogP contribution >= 0.6 is 0 Å². The Kier molecular flexibility index (Phi) is 5.89. The molecule has 0 bridgehead atoms. The first-order chi connectivity index (χ1) is 14.1. The standard InChI is InChI=1S/C21H26N4O4/c26-19(7-6-18-20(27)23-17-5-2-1-4-16(17)22-18)24-9-3-10-25(12-11-24)21(28)15-8-13-29-14-15/h1-2,4-5,15H,3,6-14H2,(H,23,27). The number of aromatic nitrogens is 2. The van der Waals surface area contributed by atoms with E-state index in [4.69, 9.17) is 4.74 Å². The van der Waals surface area contributed by atoms with Crippen LogP contribution in [-0.4, -0.2) is 71.0 Å². The van der Waals surface area contributed by atoms with E-state index in [0.29, 0.717) is 57.0 Å². The maximum atomic E-state index is 12.7. The molecule has 8 nitrogen and oxygen atoms in total. The third-order valence-electron chi connectivity index (χ3n) is 5.68. The van der Waals surface area contributed by atoms with Gasteiger partial charge in [-0.2, -0.15) is 0 Å². The highest BCUT2D eigenvalue weighted by atomic mass is 16.5. The number of aryl methyl sites for hydroxylation is 1. The van der Waals surface area contributed by atoms with E-state index in [9.17, 15) is 14.4 Å². The summed E-state index contributed by atoms with van der Waals surface area (Å²) in [6.45, 7) is 3.54. The van der Waals surface area contributed by atoms with Crippen LogP contribution in [0.4, 0.5) is 0 Å². The Hall–Kier alpha value is -2.74. The van der Waals surface area contributed by atoms with Gasteiger partial charge in [-0.15, -0.1) is 0 Å². The molecule has 0 saturated carbocycles. The number of carbonyl (C=O) groups excluding carboxylic acids is 2. The lowest BCUT2D eigenvalue weighted by atomic mass is 10.1. The molecule has 154 valence electrons. The molecule has 0 radical (unpaired) electrons. The molecular weight excluding hydrogens is 372 g/mol. The summed E-state index contributed by atoms with van der Waals surface area (Å²) in [6.07, 6.45) is 2.08. The van der Waals surface area contributed by atoms with Gasteiger partial charge in [-0.1, -0.05) is 12.1 Å². The van der Waals surface area contributed by atoms with Gasteiger partial charge in [0, 0.05) is 45.6 Å².